The Bertz CT molecular complexity index is 3280. The first-order valence-electron chi connectivity index (χ1n) is 20.0. The molecule has 6 heteroatoms. The third kappa shape index (κ3) is 5.26. The van der Waals surface area contributed by atoms with Crippen LogP contribution in [-0.2, 0) is 5.41 Å². The maximum absolute atomic E-state index is 14.5. The quantitative estimate of drug-likeness (QED) is 0.168. The Morgan fingerprint density at radius 2 is 0.852 bits per heavy atom. The summed E-state index contributed by atoms with van der Waals surface area (Å²) in [6.07, 6.45) is 0. The fourth-order valence-electron chi connectivity index (χ4n) is 9.84. The van der Waals surface area contributed by atoms with Crippen molar-refractivity contribution in [3.05, 3.63) is 239 Å². The summed E-state index contributed by atoms with van der Waals surface area (Å²) in [4.78, 5) is 4.08. The average molecular weight is 787 g/mol. The Morgan fingerprint density at radius 1 is 0.377 bits per heavy atom. The van der Waals surface area contributed by atoms with Crippen LogP contribution < -0.4 is 9.80 Å². The van der Waals surface area contributed by atoms with Crippen molar-refractivity contribution in [3.63, 3.8) is 0 Å². The molecule has 2 aliphatic rings. The molecule has 9 aromatic rings. The molecule has 0 aromatic heterocycles. The summed E-state index contributed by atoms with van der Waals surface area (Å²) in [7, 11) is 0. The average Bonchev–Trinajstić information content (AvgIpc) is 3.61. The lowest BCUT2D eigenvalue weighted by Gasteiger charge is -2.41. The molecule has 0 radical (unpaired) electrons. The Hall–Kier alpha value is -8.32. The summed E-state index contributed by atoms with van der Waals surface area (Å²) in [5.41, 5.74) is 13.5. The second kappa shape index (κ2) is 13.9. The van der Waals surface area contributed by atoms with Gasteiger partial charge in [0, 0.05) is 22.4 Å². The van der Waals surface area contributed by atoms with Gasteiger partial charge in [0.05, 0.1) is 33.6 Å². The number of benzene rings is 9. The van der Waals surface area contributed by atoms with Gasteiger partial charge in [-0.1, -0.05) is 103 Å². The van der Waals surface area contributed by atoms with Gasteiger partial charge >= 0.3 is 0 Å². The zero-order valence-corrected chi connectivity index (χ0v) is 32.5. The lowest BCUT2D eigenvalue weighted by molar-refractivity contribution is 0.627. The number of hydrogen-bond acceptors (Lipinski definition) is 4. The van der Waals surface area contributed by atoms with Gasteiger partial charge < -0.3 is 9.80 Å². The fourth-order valence-corrected chi connectivity index (χ4v) is 9.84. The van der Waals surface area contributed by atoms with E-state index in [1.807, 2.05) is 41.3 Å². The first kappa shape index (κ1) is 35.8. The molecule has 0 heterocycles. The van der Waals surface area contributed by atoms with Crippen molar-refractivity contribution in [2.45, 2.75) is 5.41 Å². The third-order valence-electron chi connectivity index (χ3n) is 12.3. The molecule has 61 heavy (non-hydrogen) atoms. The van der Waals surface area contributed by atoms with Crippen LogP contribution in [0.2, 0.25) is 0 Å². The molecule has 4 nitrogen and oxygen atoms in total. The van der Waals surface area contributed by atoms with Crippen LogP contribution in [0.25, 0.3) is 33.0 Å². The van der Waals surface area contributed by atoms with Crippen LogP contribution in [0.4, 0.5) is 42.9 Å². The van der Waals surface area contributed by atoms with Gasteiger partial charge in [0.15, 0.2) is 0 Å². The minimum absolute atomic E-state index is 0.347. The zero-order valence-electron chi connectivity index (χ0n) is 32.5. The van der Waals surface area contributed by atoms with E-state index in [0.717, 1.165) is 72.3 Å². The second-order valence-electron chi connectivity index (χ2n) is 15.3. The molecular weight excluding hydrogens is 755 g/mol. The monoisotopic (exact) mass is 786 g/mol. The summed E-state index contributed by atoms with van der Waals surface area (Å²) in [5.74, 6) is -0.696. The molecular formula is C55H32F2N4. The van der Waals surface area contributed by atoms with Gasteiger partial charge in [0.1, 0.15) is 23.8 Å². The highest BCUT2D eigenvalue weighted by Gasteiger charge is 2.50. The number of nitrogens with zero attached hydrogens (tertiary/aromatic N) is 4. The first-order chi connectivity index (χ1) is 30.0. The number of para-hydroxylation sites is 2. The summed E-state index contributed by atoms with van der Waals surface area (Å²) in [6, 6.07) is 67.0. The number of fused-ring (bicyclic) bond motifs is 9. The van der Waals surface area contributed by atoms with E-state index < -0.39 is 5.41 Å². The highest BCUT2D eigenvalue weighted by atomic mass is 19.1. The molecule has 0 aliphatic heterocycles. The number of hydrogen-bond donors (Lipinski definition) is 0. The number of rotatable bonds is 6. The molecule has 0 bridgehead atoms. The van der Waals surface area contributed by atoms with E-state index in [1.165, 1.54) is 24.3 Å². The van der Waals surface area contributed by atoms with E-state index in [0.29, 0.717) is 28.2 Å². The number of nitriles is 2. The van der Waals surface area contributed by atoms with Crippen molar-refractivity contribution in [2.24, 2.45) is 0 Å². The lowest BCUT2D eigenvalue weighted by Crippen LogP contribution is -2.32. The van der Waals surface area contributed by atoms with Crippen molar-refractivity contribution in [2.75, 3.05) is 9.80 Å². The van der Waals surface area contributed by atoms with Gasteiger partial charge in [-0.3, -0.25) is 0 Å². The Kier molecular flexibility index (Phi) is 8.17. The van der Waals surface area contributed by atoms with Crippen molar-refractivity contribution < 1.29 is 8.78 Å². The van der Waals surface area contributed by atoms with Crippen LogP contribution in [0.1, 0.15) is 33.4 Å². The standard InChI is InChI=1S/C55H32F2N4/c56-37-20-24-39(25-21-37)60(51-18-7-1-10-35(51)33-58)41-28-29-44-45-30-31-53(61(40-26-22-38(57)23-27-40)52-19-8-2-11-36(52)34-59)46-14-9-17-49(54(45)46)55(50(44)32-41)47-15-5-3-12-42(47)43-13-4-6-16-48(43)55/h1-32H. The highest BCUT2D eigenvalue weighted by Crippen LogP contribution is 2.63. The predicted octanol–water partition coefficient (Wildman–Crippen LogP) is 14.1. The molecule has 0 fully saturated rings. The van der Waals surface area contributed by atoms with Gasteiger partial charge in [-0.25, -0.2) is 8.78 Å². The molecule has 0 saturated heterocycles. The second-order valence-corrected chi connectivity index (χ2v) is 15.3. The zero-order chi connectivity index (χ0) is 41.2. The molecule has 0 atom stereocenters. The van der Waals surface area contributed by atoms with Gasteiger partial charge in [-0.05, 0) is 141 Å². The molecule has 286 valence electrons. The van der Waals surface area contributed by atoms with Crippen molar-refractivity contribution >= 4 is 44.9 Å². The molecule has 11 rings (SSSR count). The topological polar surface area (TPSA) is 54.1 Å². The molecule has 2 aliphatic carbocycles. The largest absolute Gasteiger partial charge is 0.309 e. The third-order valence-corrected chi connectivity index (χ3v) is 12.3. The van der Waals surface area contributed by atoms with Crippen LogP contribution in [-0.4, -0.2) is 0 Å². The minimum atomic E-state index is -0.794. The van der Waals surface area contributed by atoms with Crippen LogP contribution >= 0.6 is 0 Å². The Labute approximate surface area is 351 Å². The minimum Gasteiger partial charge on any atom is -0.309 e. The summed E-state index contributed by atoms with van der Waals surface area (Å²) >= 11 is 0. The fraction of sp³-hybridized carbons (Fsp3) is 0.0182. The normalized spacial score (nSPS) is 12.5. The van der Waals surface area contributed by atoms with E-state index in [2.05, 4.69) is 114 Å². The maximum Gasteiger partial charge on any atom is 0.123 e. The highest BCUT2D eigenvalue weighted by molar-refractivity contribution is 6.13. The molecule has 0 unspecified atom stereocenters. The summed E-state index contributed by atoms with van der Waals surface area (Å²) < 4.78 is 29.0. The van der Waals surface area contributed by atoms with E-state index in [1.54, 1.807) is 36.4 Å². The number of halogens is 2. The van der Waals surface area contributed by atoms with Crippen molar-refractivity contribution in [1.29, 1.82) is 10.5 Å². The molecule has 9 aromatic carbocycles. The smallest absolute Gasteiger partial charge is 0.123 e. The van der Waals surface area contributed by atoms with E-state index in [-0.39, 0.29) is 11.6 Å². The first-order valence-corrected chi connectivity index (χ1v) is 20.0. The maximum atomic E-state index is 14.5. The van der Waals surface area contributed by atoms with E-state index in [9.17, 15) is 19.3 Å². The number of anilines is 6. The van der Waals surface area contributed by atoms with Crippen LogP contribution in [0.5, 0.6) is 0 Å². The molecule has 0 amide bonds. The lowest BCUT2D eigenvalue weighted by atomic mass is 9.61. The van der Waals surface area contributed by atoms with Crippen LogP contribution in [0.15, 0.2) is 194 Å². The van der Waals surface area contributed by atoms with Crippen molar-refractivity contribution in [3.8, 4) is 34.4 Å². The molecule has 0 N–H and O–H groups in total. The summed E-state index contributed by atoms with van der Waals surface area (Å²) in [6.45, 7) is 0. The van der Waals surface area contributed by atoms with Gasteiger partial charge in [-0.2, -0.15) is 10.5 Å². The van der Waals surface area contributed by atoms with Crippen LogP contribution in [0, 0.1) is 34.3 Å². The predicted molar refractivity (Wildman–Crippen MR) is 239 cm³/mol. The van der Waals surface area contributed by atoms with Crippen LogP contribution in [0.3, 0.4) is 0 Å². The van der Waals surface area contributed by atoms with Gasteiger partial charge in [0.25, 0.3) is 0 Å². The van der Waals surface area contributed by atoms with Gasteiger partial charge in [0.2, 0.25) is 0 Å². The van der Waals surface area contributed by atoms with Gasteiger partial charge in [-0.15, -0.1) is 0 Å². The van der Waals surface area contributed by atoms with E-state index in [4.69, 9.17) is 0 Å². The van der Waals surface area contributed by atoms with E-state index >= 15 is 0 Å². The van der Waals surface area contributed by atoms with Crippen molar-refractivity contribution in [1.82, 2.24) is 0 Å². The Balaban J connectivity index is 1.25. The molecule has 1 spiro atoms. The SMILES string of the molecule is N#Cc1ccccc1N(c1ccc(F)cc1)c1ccc2c(c1)C1(c3ccccc3-c3ccccc31)c1cccc3c(N(c4ccc(F)cc4)c4ccccc4C#N)ccc-2c13. The molecule has 0 saturated carbocycles. The summed E-state index contributed by atoms with van der Waals surface area (Å²) in [5, 5.41) is 22.8. The Morgan fingerprint density at radius 3 is 1.46 bits per heavy atom.